The second kappa shape index (κ2) is 6.69. The first-order valence-electron chi connectivity index (χ1n) is 6.38. The van der Waals surface area contributed by atoms with Gasteiger partial charge in [0.05, 0.1) is 12.7 Å². The van der Waals surface area contributed by atoms with Gasteiger partial charge in [-0.3, -0.25) is 19.1 Å². The van der Waals surface area contributed by atoms with E-state index in [9.17, 15) is 18.4 Å². The maximum absolute atomic E-state index is 14.0. The van der Waals surface area contributed by atoms with Crippen LogP contribution in [-0.2, 0) is 17.3 Å². The zero-order chi connectivity index (χ0) is 17.0. The van der Waals surface area contributed by atoms with Gasteiger partial charge in [-0.05, 0) is 12.1 Å². The summed E-state index contributed by atoms with van der Waals surface area (Å²) in [5.74, 6) is -4.49. The number of primary amides is 1. The summed E-state index contributed by atoms with van der Waals surface area (Å²) in [5, 5.41) is 2.12. The number of halogens is 3. The monoisotopic (exact) mass is 343 g/mol. The SMILES string of the molecule is NC(=O)Cn1c(Cl)cnc(NCC(F)(F)c2ccccn2)c1=O. The molecule has 0 saturated carbocycles. The Hall–Kier alpha value is -2.55. The molecule has 0 aliphatic carbocycles. The number of anilines is 1. The highest BCUT2D eigenvalue weighted by atomic mass is 35.5. The number of hydrogen-bond donors (Lipinski definition) is 2. The maximum Gasteiger partial charge on any atom is 0.306 e. The van der Waals surface area contributed by atoms with Gasteiger partial charge in [-0.25, -0.2) is 4.98 Å². The summed E-state index contributed by atoms with van der Waals surface area (Å²) in [6.07, 6.45) is 2.30. The molecule has 122 valence electrons. The Morgan fingerprint density at radius 2 is 2.13 bits per heavy atom. The summed E-state index contributed by atoms with van der Waals surface area (Å²) >= 11 is 5.74. The molecule has 2 rings (SSSR count). The Bertz CT molecular complexity index is 767. The molecule has 0 fully saturated rings. The molecule has 0 aliphatic rings. The number of hydrogen-bond acceptors (Lipinski definition) is 5. The van der Waals surface area contributed by atoms with Crippen LogP contribution in [-0.4, -0.2) is 27.0 Å². The van der Waals surface area contributed by atoms with Crippen molar-refractivity contribution in [3.8, 4) is 0 Å². The third kappa shape index (κ3) is 4.01. The van der Waals surface area contributed by atoms with E-state index in [1.54, 1.807) is 0 Å². The fourth-order valence-corrected chi connectivity index (χ4v) is 1.94. The lowest BCUT2D eigenvalue weighted by Crippen LogP contribution is -2.33. The summed E-state index contributed by atoms with van der Waals surface area (Å²) < 4.78 is 28.8. The number of amides is 1. The van der Waals surface area contributed by atoms with Gasteiger partial charge in [0.25, 0.3) is 5.56 Å². The largest absolute Gasteiger partial charge is 0.368 e. The Morgan fingerprint density at radius 1 is 1.39 bits per heavy atom. The summed E-state index contributed by atoms with van der Waals surface area (Å²) in [5.41, 5.74) is 3.73. The van der Waals surface area contributed by atoms with Crippen molar-refractivity contribution in [2.45, 2.75) is 12.5 Å². The van der Waals surface area contributed by atoms with Crippen LogP contribution >= 0.6 is 11.6 Å². The number of aromatic nitrogens is 3. The number of nitrogens with one attached hydrogen (secondary N) is 1. The molecule has 0 aromatic carbocycles. The van der Waals surface area contributed by atoms with Gasteiger partial charge in [0, 0.05) is 6.20 Å². The van der Waals surface area contributed by atoms with Crippen LogP contribution in [0.1, 0.15) is 5.69 Å². The highest BCUT2D eigenvalue weighted by Gasteiger charge is 2.33. The minimum atomic E-state index is -3.32. The van der Waals surface area contributed by atoms with E-state index >= 15 is 0 Å². The number of nitrogens with two attached hydrogens (primary N) is 1. The van der Waals surface area contributed by atoms with E-state index < -0.39 is 36.2 Å². The number of carbonyl (C=O) groups excluding carboxylic acids is 1. The van der Waals surface area contributed by atoms with E-state index in [1.807, 2.05) is 0 Å². The molecule has 23 heavy (non-hydrogen) atoms. The predicted molar refractivity (Wildman–Crippen MR) is 79.3 cm³/mol. The van der Waals surface area contributed by atoms with Crippen molar-refractivity contribution < 1.29 is 13.6 Å². The Kier molecular flexibility index (Phi) is 4.89. The average molecular weight is 344 g/mol. The summed E-state index contributed by atoms with van der Waals surface area (Å²) in [4.78, 5) is 30.2. The summed E-state index contributed by atoms with van der Waals surface area (Å²) in [6, 6.07) is 4.11. The first-order chi connectivity index (χ1) is 10.8. The van der Waals surface area contributed by atoms with E-state index in [0.29, 0.717) is 0 Å². The molecule has 7 nitrogen and oxygen atoms in total. The normalized spacial score (nSPS) is 11.3. The topological polar surface area (TPSA) is 103 Å². The number of nitrogens with zero attached hydrogens (tertiary/aromatic N) is 3. The van der Waals surface area contributed by atoms with E-state index in [4.69, 9.17) is 17.3 Å². The fourth-order valence-electron chi connectivity index (χ4n) is 1.76. The van der Waals surface area contributed by atoms with Gasteiger partial charge in [0.2, 0.25) is 5.91 Å². The van der Waals surface area contributed by atoms with Crippen molar-refractivity contribution >= 4 is 23.3 Å². The molecule has 0 spiro atoms. The van der Waals surface area contributed by atoms with Crippen LogP contribution in [0.25, 0.3) is 0 Å². The highest BCUT2D eigenvalue weighted by Crippen LogP contribution is 2.25. The van der Waals surface area contributed by atoms with E-state index in [0.717, 1.165) is 10.8 Å². The van der Waals surface area contributed by atoms with Crippen LogP contribution in [0.2, 0.25) is 5.15 Å². The lowest BCUT2D eigenvalue weighted by Gasteiger charge is -2.17. The van der Waals surface area contributed by atoms with E-state index in [-0.39, 0.29) is 11.0 Å². The molecule has 0 bridgehead atoms. The van der Waals surface area contributed by atoms with Gasteiger partial charge in [0.15, 0.2) is 5.82 Å². The molecule has 0 unspecified atom stereocenters. The predicted octanol–water partition coefficient (Wildman–Crippen LogP) is 0.981. The molecule has 2 aromatic rings. The van der Waals surface area contributed by atoms with Crippen LogP contribution in [0.15, 0.2) is 35.4 Å². The van der Waals surface area contributed by atoms with Crippen LogP contribution in [0.4, 0.5) is 14.6 Å². The molecule has 2 aromatic heterocycles. The standard InChI is InChI=1S/C13H12ClF2N5O2/c14-9-5-19-11(12(23)21(9)6-10(17)22)20-7-13(15,16)8-3-1-2-4-18-8/h1-5H,6-7H2,(H2,17,22)(H,19,20). The summed E-state index contributed by atoms with van der Waals surface area (Å²) in [6.45, 7) is -1.38. The van der Waals surface area contributed by atoms with Crippen LogP contribution in [0.5, 0.6) is 0 Å². The van der Waals surface area contributed by atoms with Crippen molar-refractivity contribution in [2.24, 2.45) is 5.73 Å². The van der Waals surface area contributed by atoms with Crippen molar-refractivity contribution in [2.75, 3.05) is 11.9 Å². The summed E-state index contributed by atoms with van der Waals surface area (Å²) in [7, 11) is 0. The van der Waals surface area contributed by atoms with Gasteiger partial charge in [-0.2, -0.15) is 8.78 Å². The van der Waals surface area contributed by atoms with Crippen molar-refractivity contribution in [1.29, 1.82) is 0 Å². The van der Waals surface area contributed by atoms with Gasteiger partial charge in [-0.15, -0.1) is 0 Å². The number of pyridine rings is 1. The average Bonchev–Trinajstić information content (AvgIpc) is 2.51. The lowest BCUT2D eigenvalue weighted by molar-refractivity contribution is -0.118. The molecular formula is C13H12ClF2N5O2. The van der Waals surface area contributed by atoms with Crippen LogP contribution in [0.3, 0.4) is 0 Å². The maximum atomic E-state index is 14.0. The molecule has 0 atom stereocenters. The third-order valence-corrected chi connectivity index (χ3v) is 3.14. The molecule has 10 heteroatoms. The first kappa shape index (κ1) is 16.8. The second-order valence-electron chi connectivity index (χ2n) is 4.56. The van der Waals surface area contributed by atoms with Crippen LogP contribution < -0.4 is 16.6 Å². The van der Waals surface area contributed by atoms with Gasteiger partial charge in [0.1, 0.15) is 17.4 Å². The Labute approximate surface area is 134 Å². The molecule has 0 radical (unpaired) electrons. The van der Waals surface area contributed by atoms with Crippen molar-refractivity contribution in [3.05, 3.63) is 51.8 Å². The minimum absolute atomic E-state index is 0.129. The highest BCUT2D eigenvalue weighted by molar-refractivity contribution is 6.29. The van der Waals surface area contributed by atoms with Gasteiger partial charge >= 0.3 is 5.92 Å². The second-order valence-corrected chi connectivity index (χ2v) is 4.95. The van der Waals surface area contributed by atoms with Crippen molar-refractivity contribution in [3.63, 3.8) is 0 Å². The van der Waals surface area contributed by atoms with Crippen LogP contribution in [0, 0.1) is 0 Å². The first-order valence-corrected chi connectivity index (χ1v) is 6.76. The third-order valence-electron chi connectivity index (χ3n) is 2.84. The van der Waals surface area contributed by atoms with Gasteiger partial charge in [-0.1, -0.05) is 17.7 Å². The molecule has 1 amide bonds. The van der Waals surface area contributed by atoms with E-state index in [1.165, 1.54) is 24.4 Å². The Balaban J connectivity index is 2.21. The number of carbonyl (C=O) groups is 1. The molecule has 3 N–H and O–H groups in total. The molecular weight excluding hydrogens is 332 g/mol. The van der Waals surface area contributed by atoms with Crippen molar-refractivity contribution in [1.82, 2.24) is 14.5 Å². The van der Waals surface area contributed by atoms with Gasteiger partial charge < -0.3 is 11.1 Å². The zero-order valence-electron chi connectivity index (χ0n) is 11.7. The molecule has 0 aliphatic heterocycles. The number of rotatable bonds is 6. The zero-order valence-corrected chi connectivity index (χ0v) is 12.4. The smallest absolute Gasteiger partial charge is 0.306 e. The Morgan fingerprint density at radius 3 is 2.74 bits per heavy atom. The fraction of sp³-hybridized carbons (Fsp3) is 0.231. The lowest BCUT2D eigenvalue weighted by atomic mass is 10.2. The minimum Gasteiger partial charge on any atom is -0.368 e. The quantitative estimate of drug-likeness (QED) is 0.814. The van der Waals surface area contributed by atoms with E-state index in [2.05, 4.69) is 15.3 Å². The number of alkyl halides is 2. The molecule has 0 saturated heterocycles. The molecule has 2 heterocycles.